The van der Waals surface area contributed by atoms with Crippen LogP contribution < -0.4 is 5.32 Å². The fraction of sp³-hybridized carbons (Fsp3) is 0.450. The molecule has 0 spiro atoms. The minimum Gasteiger partial charge on any atom is -0.462 e. The first kappa shape index (κ1) is 20.5. The van der Waals surface area contributed by atoms with Crippen molar-refractivity contribution in [2.24, 2.45) is 0 Å². The summed E-state index contributed by atoms with van der Waals surface area (Å²) in [6.45, 7) is 2.87. The van der Waals surface area contributed by atoms with Crippen LogP contribution in [0.2, 0.25) is 0 Å². The van der Waals surface area contributed by atoms with E-state index in [2.05, 4.69) is 5.32 Å². The number of rotatable bonds is 7. The molecule has 1 aliphatic rings. The number of hydrogen-bond acceptors (Lipinski definition) is 6. The summed E-state index contributed by atoms with van der Waals surface area (Å²) >= 11 is 0. The molecule has 144 valence electrons. The Morgan fingerprint density at radius 3 is 2.74 bits per heavy atom. The van der Waals surface area contributed by atoms with E-state index in [0.717, 1.165) is 25.8 Å². The molecule has 1 aliphatic heterocycles. The molecule has 2 rings (SSSR count). The lowest BCUT2D eigenvalue weighted by Crippen LogP contribution is -2.37. The zero-order valence-electron chi connectivity index (χ0n) is 15.5. The van der Waals surface area contributed by atoms with Gasteiger partial charge in [0.2, 0.25) is 0 Å². The molecule has 0 radical (unpaired) electrons. The number of nitriles is 1. The molecule has 7 heteroatoms. The van der Waals surface area contributed by atoms with E-state index in [-0.39, 0.29) is 18.2 Å². The highest BCUT2D eigenvalue weighted by Crippen LogP contribution is 2.21. The Hall–Kier alpha value is -2.85. The Balaban J connectivity index is 2.06. The second-order valence-corrected chi connectivity index (χ2v) is 6.31. The highest BCUT2D eigenvalue weighted by molar-refractivity contribution is 6.06. The topological polar surface area (TPSA) is 103 Å². The van der Waals surface area contributed by atoms with E-state index >= 15 is 0 Å². The number of nitrogens with one attached hydrogen (secondary N) is 1. The van der Waals surface area contributed by atoms with E-state index in [4.69, 9.17) is 4.74 Å². The first-order valence-corrected chi connectivity index (χ1v) is 9.16. The predicted molar refractivity (Wildman–Crippen MR) is 101 cm³/mol. The highest BCUT2D eigenvalue weighted by Gasteiger charge is 2.21. The SMILES string of the molecule is CCOC(=O)c1ccc(NC(=O)/C(C#N)=C\N2CCCCC2CCO)cc1. The van der Waals surface area contributed by atoms with E-state index in [0.29, 0.717) is 24.3 Å². The number of aliphatic hydroxyl groups is 1. The van der Waals surface area contributed by atoms with Gasteiger partial charge in [-0.2, -0.15) is 5.26 Å². The maximum atomic E-state index is 12.4. The molecule has 1 fully saturated rings. The van der Waals surface area contributed by atoms with Crippen LogP contribution in [0.3, 0.4) is 0 Å². The fourth-order valence-corrected chi connectivity index (χ4v) is 3.06. The second-order valence-electron chi connectivity index (χ2n) is 6.31. The van der Waals surface area contributed by atoms with E-state index in [1.807, 2.05) is 11.0 Å². The zero-order chi connectivity index (χ0) is 19.6. The van der Waals surface area contributed by atoms with Crippen molar-refractivity contribution in [3.63, 3.8) is 0 Å². The summed E-state index contributed by atoms with van der Waals surface area (Å²) in [5.74, 6) is -0.928. The van der Waals surface area contributed by atoms with Gasteiger partial charge in [-0.3, -0.25) is 4.79 Å². The van der Waals surface area contributed by atoms with E-state index in [1.54, 1.807) is 37.4 Å². The largest absolute Gasteiger partial charge is 0.462 e. The Morgan fingerprint density at radius 1 is 1.37 bits per heavy atom. The Bertz CT molecular complexity index is 720. The van der Waals surface area contributed by atoms with Gasteiger partial charge in [-0.25, -0.2) is 4.79 Å². The molecule has 1 amide bonds. The van der Waals surface area contributed by atoms with Crippen LogP contribution in [-0.4, -0.2) is 47.7 Å². The summed E-state index contributed by atoms with van der Waals surface area (Å²) in [4.78, 5) is 26.1. The van der Waals surface area contributed by atoms with Crippen LogP contribution in [0.5, 0.6) is 0 Å². The van der Waals surface area contributed by atoms with E-state index in [1.165, 1.54) is 0 Å². The molecule has 1 aromatic rings. The van der Waals surface area contributed by atoms with Gasteiger partial charge in [-0.1, -0.05) is 0 Å². The summed E-state index contributed by atoms with van der Waals surface area (Å²) in [5, 5.41) is 21.3. The summed E-state index contributed by atoms with van der Waals surface area (Å²) in [5.41, 5.74) is 0.889. The number of carbonyl (C=O) groups is 2. The lowest BCUT2D eigenvalue weighted by Gasteiger charge is -2.34. The van der Waals surface area contributed by atoms with Gasteiger partial charge in [0.05, 0.1) is 12.2 Å². The van der Waals surface area contributed by atoms with Crippen LogP contribution in [0.1, 0.15) is 43.0 Å². The van der Waals surface area contributed by atoms with Crippen LogP contribution in [-0.2, 0) is 9.53 Å². The highest BCUT2D eigenvalue weighted by atomic mass is 16.5. The fourth-order valence-electron chi connectivity index (χ4n) is 3.06. The van der Waals surface area contributed by atoms with E-state index in [9.17, 15) is 20.0 Å². The van der Waals surface area contributed by atoms with Gasteiger partial charge in [0.15, 0.2) is 0 Å². The second kappa shape index (κ2) is 10.3. The van der Waals surface area contributed by atoms with Gasteiger partial charge in [0.25, 0.3) is 5.91 Å². The van der Waals surface area contributed by atoms with E-state index < -0.39 is 11.9 Å². The number of benzene rings is 1. The lowest BCUT2D eigenvalue weighted by molar-refractivity contribution is -0.112. The standard InChI is InChI=1S/C20H25N3O4/c1-2-27-20(26)15-6-8-17(9-7-15)22-19(25)16(13-21)14-23-11-4-3-5-18(23)10-12-24/h6-9,14,18,24H,2-5,10-12H2,1H3,(H,22,25)/b16-14-. The van der Waals surface area contributed by atoms with Crippen molar-refractivity contribution in [3.8, 4) is 6.07 Å². The number of likely N-dealkylation sites (tertiary alicyclic amines) is 1. The van der Waals surface area contributed by atoms with Crippen molar-refractivity contribution >= 4 is 17.6 Å². The molecular weight excluding hydrogens is 346 g/mol. The molecular formula is C20H25N3O4. The van der Waals surface area contributed by atoms with Gasteiger partial charge < -0.3 is 20.1 Å². The zero-order valence-corrected chi connectivity index (χ0v) is 15.5. The van der Waals surface area contributed by atoms with Gasteiger partial charge in [-0.05, 0) is 56.9 Å². The molecule has 2 N–H and O–H groups in total. The summed E-state index contributed by atoms with van der Waals surface area (Å²) in [7, 11) is 0. The number of carbonyl (C=O) groups excluding carboxylic acids is 2. The summed E-state index contributed by atoms with van der Waals surface area (Å²) in [6.07, 6.45) is 5.21. The number of esters is 1. The molecule has 27 heavy (non-hydrogen) atoms. The third-order valence-corrected chi connectivity index (χ3v) is 4.45. The molecule has 1 heterocycles. The van der Waals surface area contributed by atoms with Gasteiger partial charge >= 0.3 is 5.97 Å². The maximum Gasteiger partial charge on any atom is 0.338 e. The summed E-state index contributed by atoms with van der Waals surface area (Å²) in [6, 6.07) is 8.40. The van der Waals surface area contributed by atoms with Crippen LogP contribution in [0, 0.1) is 11.3 Å². The van der Waals surface area contributed by atoms with Crippen LogP contribution in [0.15, 0.2) is 36.0 Å². The molecule has 0 aromatic heterocycles. The van der Waals surface area contributed by atoms with Crippen molar-refractivity contribution < 1.29 is 19.4 Å². The molecule has 1 aromatic carbocycles. The smallest absolute Gasteiger partial charge is 0.338 e. The molecule has 1 saturated heterocycles. The van der Waals surface area contributed by atoms with Crippen molar-refractivity contribution in [3.05, 3.63) is 41.6 Å². The predicted octanol–water partition coefficient (Wildman–Crippen LogP) is 2.45. The minimum atomic E-state index is -0.505. The Kier molecular flexibility index (Phi) is 7.83. The average molecular weight is 371 g/mol. The number of piperidine rings is 1. The van der Waals surface area contributed by atoms with Crippen LogP contribution in [0.25, 0.3) is 0 Å². The first-order chi connectivity index (χ1) is 13.1. The third-order valence-electron chi connectivity index (χ3n) is 4.45. The molecule has 0 bridgehead atoms. The van der Waals surface area contributed by atoms with Crippen molar-refractivity contribution in [2.75, 3.05) is 25.1 Å². The number of amides is 1. The number of aliphatic hydroxyl groups excluding tert-OH is 1. The minimum absolute atomic E-state index is 0.00862. The van der Waals surface area contributed by atoms with Gasteiger partial charge in [0, 0.05) is 31.1 Å². The molecule has 7 nitrogen and oxygen atoms in total. The normalized spacial score (nSPS) is 17.1. The van der Waals surface area contributed by atoms with Gasteiger partial charge in [-0.15, -0.1) is 0 Å². The van der Waals surface area contributed by atoms with Crippen molar-refractivity contribution in [1.82, 2.24) is 4.90 Å². The number of anilines is 1. The average Bonchev–Trinajstić information content (AvgIpc) is 2.68. The Morgan fingerprint density at radius 2 is 2.11 bits per heavy atom. The lowest BCUT2D eigenvalue weighted by atomic mass is 10.00. The van der Waals surface area contributed by atoms with Crippen molar-refractivity contribution in [2.45, 2.75) is 38.6 Å². The van der Waals surface area contributed by atoms with Crippen LogP contribution in [0.4, 0.5) is 5.69 Å². The molecule has 1 unspecified atom stereocenters. The van der Waals surface area contributed by atoms with Gasteiger partial charge in [0.1, 0.15) is 11.6 Å². The first-order valence-electron chi connectivity index (χ1n) is 9.16. The quantitative estimate of drug-likeness (QED) is 0.434. The van der Waals surface area contributed by atoms with Crippen molar-refractivity contribution in [1.29, 1.82) is 5.26 Å². The Labute approximate surface area is 159 Å². The maximum absolute atomic E-state index is 12.4. The van der Waals surface area contributed by atoms with Crippen LogP contribution >= 0.6 is 0 Å². The summed E-state index contributed by atoms with van der Waals surface area (Å²) < 4.78 is 4.92. The number of hydrogen-bond donors (Lipinski definition) is 2. The molecule has 0 aliphatic carbocycles. The number of ether oxygens (including phenoxy) is 1. The molecule has 0 saturated carbocycles. The third kappa shape index (κ3) is 5.83. The molecule has 1 atom stereocenters. The monoisotopic (exact) mass is 371 g/mol. The number of nitrogens with zero attached hydrogens (tertiary/aromatic N) is 2.